The third-order valence-corrected chi connectivity index (χ3v) is 3.49. The molecule has 0 aliphatic carbocycles. The predicted molar refractivity (Wildman–Crippen MR) is 86.1 cm³/mol. The lowest BCUT2D eigenvalue weighted by molar-refractivity contribution is -0.146. The molecule has 0 aromatic heterocycles. The Morgan fingerprint density at radius 3 is 2.26 bits per heavy atom. The molecule has 0 radical (unpaired) electrons. The number of rotatable bonds is 8. The maximum atomic E-state index is 12.4. The van der Waals surface area contributed by atoms with Gasteiger partial charge >= 0.3 is 12.1 Å². The largest absolute Gasteiger partial charge is 0.480 e. The van der Waals surface area contributed by atoms with Crippen molar-refractivity contribution in [3.05, 3.63) is 35.9 Å². The highest BCUT2D eigenvalue weighted by Crippen LogP contribution is 2.18. The van der Waals surface area contributed by atoms with Gasteiger partial charge in [0.2, 0.25) is 0 Å². The van der Waals surface area contributed by atoms with E-state index in [1.165, 1.54) is 12.0 Å². The van der Waals surface area contributed by atoms with E-state index in [9.17, 15) is 14.7 Å². The van der Waals surface area contributed by atoms with Crippen LogP contribution in [0.15, 0.2) is 30.3 Å². The van der Waals surface area contributed by atoms with Crippen LogP contribution in [0.4, 0.5) is 4.79 Å². The van der Waals surface area contributed by atoms with Crippen molar-refractivity contribution in [2.45, 2.75) is 39.5 Å². The van der Waals surface area contributed by atoms with Gasteiger partial charge in [-0.1, -0.05) is 37.3 Å². The number of carboxylic acid groups (broad SMARTS) is 1. The van der Waals surface area contributed by atoms with Crippen LogP contribution in [0.25, 0.3) is 0 Å². The van der Waals surface area contributed by atoms with Gasteiger partial charge in [-0.05, 0) is 19.4 Å². The second kappa shape index (κ2) is 9.15. The van der Waals surface area contributed by atoms with E-state index in [0.717, 1.165) is 5.56 Å². The number of benzene rings is 1. The standard InChI is InChI=1S/C17H25NO5/c1-12(2)18(15(16(19)20)13(3)10-22-4)17(21)23-11-14-8-6-5-7-9-14/h5-9,12-13,15H,10-11H2,1-4H3,(H,19,20). The fourth-order valence-electron chi connectivity index (χ4n) is 2.43. The molecular weight excluding hydrogens is 298 g/mol. The third kappa shape index (κ3) is 5.56. The van der Waals surface area contributed by atoms with E-state index in [1.807, 2.05) is 30.3 Å². The van der Waals surface area contributed by atoms with Gasteiger partial charge in [-0.25, -0.2) is 9.59 Å². The van der Waals surface area contributed by atoms with Crippen LogP contribution in [0.1, 0.15) is 26.3 Å². The van der Waals surface area contributed by atoms with Gasteiger partial charge in [-0.2, -0.15) is 0 Å². The molecule has 0 heterocycles. The summed E-state index contributed by atoms with van der Waals surface area (Å²) in [5.41, 5.74) is 0.848. The first kappa shape index (κ1) is 19.0. The van der Waals surface area contributed by atoms with E-state index < -0.39 is 18.1 Å². The minimum absolute atomic E-state index is 0.105. The van der Waals surface area contributed by atoms with Crippen LogP contribution in [0.5, 0.6) is 0 Å². The normalized spacial score (nSPS) is 13.4. The topological polar surface area (TPSA) is 76.1 Å². The number of hydrogen-bond acceptors (Lipinski definition) is 4. The fraction of sp³-hybridized carbons (Fsp3) is 0.529. The lowest BCUT2D eigenvalue weighted by Gasteiger charge is -2.34. The van der Waals surface area contributed by atoms with Crippen molar-refractivity contribution in [3.63, 3.8) is 0 Å². The van der Waals surface area contributed by atoms with Gasteiger partial charge in [-0.3, -0.25) is 4.90 Å². The summed E-state index contributed by atoms with van der Waals surface area (Å²) >= 11 is 0. The van der Waals surface area contributed by atoms with Crippen LogP contribution < -0.4 is 0 Å². The van der Waals surface area contributed by atoms with Gasteiger partial charge in [0.05, 0.1) is 6.61 Å². The molecule has 2 atom stereocenters. The van der Waals surface area contributed by atoms with Crippen LogP contribution >= 0.6 is 0 Å². The summed E-state index contributed by atoms with van der Waals surface area (Å²) in [5.74, 6) is -1.43. The summed E-state index contributed by atoms with van der Waals surface area (Å²) in [4.78, 5) is 25.3. The molecule has 1 N–H and O–H groups in total. The number of carboxylic acids is 1. The second-order valence-electron chi connectivity index (χ2n) is 5.76. The Kier molecular flexibility index (Phi) is 7.54. The molecular formula is C17H25NO5. The zero-order valence-electron chi connectivity index (χ0n) is 14.1. The first-order chi connectivity index (χ1) is 10.9. The molecule has 1 rings (SSSR count). The highest BCUT2D eigenvalue weighted by Gasteiger charge is 2.37. The minimum atomic E-state index is -1.07. The maximum Gasteiger partial charge on any atom is 0.411 e. The quantitative estimate of drug-likeness (QED) is 0.796. The first-order valence-corrected chi connectivity index (χ1v) is 7.59. The van der Waals surface area contributed by atoms with E-state index in [4.69, 9.17) is 9.47 Å². The number of nitrogens with zero attached hydrogens (tertiary/aromatic N) is 1. The van der Waals surface area contributed by atoms with E-state index in [-0.39, 0.29) is 25.2 Å². The summed E-state index contributed by atoms with van der Waals surface area (Å²) in [6, 6.07) is 7.95. The molecule has 0 saturated carbocycles. The van der Waals surface area contributed by atoms with Gasteiger partial charge in [0.25, 0.3) is 0 Å². The van der Waals surface area contributed by atoms with Crippen molar-refractivity contribution < 1.29 is 24.2 Å². The number of hydrogen-bond donors (Lipinski definition) is 1. The Bertz CT molecular complexity index is 503. The molecule has 6 nitrogen and oxygen atoms in total. The average molecular weight is 323 g/mol. The van der Waals surface area contributed by atoms with Crippen molar-refractivity contribution in [1.29, 1.82) is 0 Å². The van der Waals surface area contributed by atoms with Crippen LogP contribution in [-0.4, -0.2) is 47.9 Å². The summed E-state index contributed by atoms with van der Waals surface area (Å²) in [6.45, 7) is 5.61. The second-order valence-corrected chi connectivity index (χ2v) is 5.76. The Morgan fingerprint density at radius 1 is 1.17 bits per heavy atom. The summed E-state index contributed by atoms with van der Waals surface area (Å²) in [5, 5.41) is 9.52. The zero-order valence-corrected chi connectivity index (χ0v) is 14.1. The smallest absolute Gasteiger partial charge is 0.411 e. The maximum absolute atomic E-state index is 12.4. The molecule has 6 heteroatoms. The number of ether oxygens (including phenoxy) is 2. The van der Waals surface area contributed by atoms with E-state index in [1.54, 1.807) is 20.8 Å². The van der Waals surface area contributed by atoms with Crippen LogP contribution in [0, 0.1) is 5.92 Å². The summed E-state index contributed by atoms with van der Waals surface area (Å²) in [7, 11) is 1.50. The highest BCUT2D eigenvalue weighted by molar-refractivity contribution is 5.80. The average Bonchev–Trinajstić information content (AvgIpc) is 2.50. The molecule has 0 fully saturated rings. The molecule has 1 aromatic rings. The highest BCUT2D eigenvalue weighted by atomic mass is 16.6. The van der Waals surface area contributed by atoms with Crippen molar-refractivity contribution in [3.8, 4) is 0 Å². The molecule has 1 aromatic carbocycles. The Labute approximate surface area is 137 Å². The molecule has 128 valence electrons. The molecule has 0 spiro atoms. The molecule has 2 unspecified atom stereocenters. The van der Waals surface area contributed by atoms with Gasteiger partial charge in [0.15, 0.2) is 0 Å². The number of methoxy groups -OCH3 is 1. The molecule has 0 aliphatic rings. The monoisotopic (exact) mass is 323 g/mol. The Hall–Kier alpha value is -2.08. The fourth-order valence-corrected chi connectivity index (χ4v) is 2.43. The van der Waals surface area contributed by atoms with Crippen molar-refractivity contribution >= 4 is 12.1 Å². The minimum Gasteiger partial charge on any atom is -0.480 e. The zero-order chi connectivity index (χ0) is 17.4. The Balaban J connectivity index is 2.85. The van der Waals surface area contributed by atoms with Crippen LogP contribution in [-0.2, 0) is 20.9 Å². The lowest BCUT2D eigenvalue weighted by atomic mass is 10.0. The van der Waals surface area contributed by atoms with Crippen molar-refractivity contribution in [2.75, 3.05) is 13.7 Å². The van der Waals surface area contributed by atoms with Crippen LogP contribution in [0.3, 0.4) is 0 Å². The lowest BCUT2D eigenvalue weighted by Crippen LogP contribution is -2.52. The van der Waals surface area contributed by atoms with Gasteiger partial charge in [-0.15, -0.1) is 0 Å². The first-order valence-electron chi connectivity index (χ1n) is 7.59. The molecule has 23 heavy (non-hydrogen) atoms. The van der Waals surface area contributed by atoms with E-state index >= 15 is 0 Å². The van der Waals surface area contributed by atoms with Gasteiger partial charge in [0, 0.05) is 19.1 Å². The number of carbonyl (C=O) groups excluding carboxylic acids is 1. The van der Waals surface area contributed by atoms with Gasteiger partial charge in [0.1, 0.15) is 12.6 Å². The Morgan fingerprint density at radius 2 is 1.78 bits per heavy atom. The summed E-state index contributed by atoms with van der Waals surface area (Å²) < 4.78 is 10.3. The van der Waals surface area contributed by atoms with Crippen LogP contribution in [0.2, 0.25) is 0 Å². The number of amides is 1. The van der Waals surface area contributed by atoms with E-state index in [2.05, 4.69) is 0 Å². The third-order valence-electron chi connectivity index (χ3n) is 3.49. The molecule has 0 saturated heterocycles. The number of aliphatic carboxylic acids is 1. The van der Waals surface area contributed by atoms with Gasteiger partial charge < -0.3 is 14.6 Å². The summed E-state index contributed by atoms with van der Waals surface area (Å²) in [6.07, 6.45) is -0.640. The van der Waals surface area contributed by atoms with Crippen molar-refractivity contribution in [1.82, 2.24) is 4.90 Å². The SMILES string of the molecule is COCC(C)C(C(=O)O)N(C(=O)OCc1ccccc1)C(C)C. The van der Waals surface area contributed by atoms with Crippen molar-refractivity contribution in [2.24, 2.45) is 5.92 Å². The molecule has 1 amide bonds. The molecule has 0 bridgehead atoms. The predicted octanol–water partition coefficient (Wildman–Crippen LogP) is 2.77. The molecule has 0 aliphatic heterocycles. The number of carbonyl (C=O) groups is 2. The van der Waals surface area contributed by atoms with E-state index in [0.29, 0.717) is 0 Å².